The first-order chi connectivity index (χ1) is 30.5. The molecule has 0 aliphatic heterocycles. The van der Waals surface area contributed by atoms with Gasteiger partial charge < -0.3 is 4.90 Å². The summed E-state index contributed by atoms with van der Waals surface area (Å²) in [6.07, 6.45) is 0. The Morgan fingerprint density at radius 1 is 0.290 bits per heavy atom. The van der Waals surface area contributed by atoms with E-state index < -0.39 is 0 Å². The first-order valence-electron chi connectivity index (χ1n) is 21.6. The van der Waals surface area contributed by atoms with Crippen molar-refractivity contribution in [1.29, 1.82) is 0 Å². The SMILES string of the molecule is CC1(C)c2ccccc2-c2ccc(-c3ccc(N(c4ccc(-c5cccc(-c6cccc7ccccc67)c5)cc4)c4ccccc4-c4ccc(-c5ccccc5)cc4)cc3)cc21. The summed E-state index contributed by atoms with van der Waals surface area (Å²) in [5.41, 5.74) is 20.8. The lowest BCUT2D eigenvalue weighted by Gasteiger charge is -2.28. The first kappa shape index (κ1) is 37.3. The largest absolute Gasteiger partial charge is 0.310 e. The maximum Gasteiger partial charge on any atom is 0.0540 e. The number of hydrogen-bond donors (Lipinski definition) is 0. The lowest BCUT2D eigenvalue weighted by atomic mass is 9.81. The van der Waals surface area contributed by atoms with Crippen LogP contribution in [-0.4, -0.2) is 0 Å². The van der Waals surface area contributed by atoms with Gasteiger partial charge in [0.25, 0.3) is 0 Å². The first-order valence-corrected chi connectivity index (χ1v) is 21.6. The van der Waals surface area contributed by atoms with Crippen LogP contribution in [0.1, 0.15) is 25.0 Å². The van der Waals surface area contributed by atoms with Crippen molar-refractivity contribution in [2.24, 2.45) is 0 Å². The number of fused-ring (bicyclic) bond motifs is 4. The van der Waals surface area contributed by atoms with E-state index in [9.17, 15) is 0 Å². The number of benzene rings is 10. The molecule has 10 aromatic carbocycles. The quantitative estimate of drug-likeness (QED) is 0.148. The van der Waals surface area contributed by atoms with E-state index in [1.165, 1.54) is 88.7 Å². The third kappa shape index (κ3) is 6.60. The molecular formula is C61H45N. The second-order valence-electron chi connectivity index (χ2n) is 16.9. The van der Waals surface area contributed by atoms with Crippen LogP contribution in [0.2, 0.25) is 0 Å². The molecule has 0 aromatic heterocycles. The van der Waals surface area contributed by atoms with Crippen LogP contribution in [0.25, 0.3) is 77.5 Å². The molecule has 294 valence electrons. The summed E-state index contributed by atoms with van der Waals surface area (Å²) in [4.78, 5) is 2.41. The van der Waals surface area contributed by atoms with Gasteiger partial charge in [-0.15, -0.1) is 0 Å². The summed E-state index contributed by atoms with van der Waals surface area (Å²) in [5.74, 6) is 0. The number of hydrogen-bond acceptors (Lipinski definition) is 1. The highest BCUT2D eigenvalue weighted by Gasteiger charge is 2.35. The summed E-state index contributed by atoms with van der Waals surface area (Å²) in [7, 11) is 0. The van der Waals surface area contributed by atoms with Gasteiger partial charge in [-0.05, 0) is 126 Å². The molecule has 0 saturated heterocycles. The third-order valence-corrected chi connectivity index (χ3v) is 12.9. The van der Waals surface area contributed by atoms with Crippen LogP contribution in [0, 0.1) is 0 Å². The van der Waals surface area contributed by atoms with Gasteiger partial charge in [-0.3, -0.25) is 0 Å². The number of para-hydroxylation sites is 1. The van der Waals surface area contributed by atoms with E-state index >= 15 is 0 Å². The van der Waals surface area contributed by atoms with E-state index in [-0.39, 0.29) is 5.41 Å². The molecule has 0 saturated carbocycles. The molecule has 62 heavy (non-hydrogen) atoms. The second kappa shape index (κ2) is 15.4. The van der Waals surface area contributed by atoms with E-state index in [1.807, 2.05) is 0 Å². The number of rotatable bonds is 8. The molecule has 11 rings (SSSR count). The summed E-state index contributed by atoms with van der Waals surface area (Å²) in [6.45, 7) is 4.70. The van der Waals surface area contributed by atoms with Crippen LogP contribution < -0.4 is 4.90 Å². The predicted octanol–water partition coefficient (Wildman–Crippen LogP) is 17.0. The molecular weight excluding hydrogens is 747 g/mol. The molecule has 0 amide bonds. The van der Waals surface area contributed by atoms with Gasteiger partial charge in [0, 0.05) is 22.4 Å². The molecule has 1 aliphatic carbocycles. The average molecular weight is 792 g/mol. The van der Waals surface area contributed by atoms with E-state index in [0.29, 0.717) is 0 Å². The highest BCUT2D eigenvalue weighted by atomic mass is 15.1. The van der Waals surface area contributed by atoms with Gasteiger partial charge in [0.1, 0.15) is 0 Å². The topological polar surface area (TPSA) is 3.24 Å². The zero-order valence-electron chi connectivity index (χ0n) is 35.0. The Kier molecular flexibility index (Phi) is 9.24. The minimum absolute atomic E-state index is 0.0505. The Bertz CT molecular complexity index is 3220. The Hall–Kier alpha value is -7.74. The molecule has 1 aliphatic rings. The predicted molar refractivity (Wildman–Crippen MR) is 263 cm³/mol. The van der Waals surface area contributed by atoms with Crippen LogP contribution in [0.3, 0.4) is 0 Å². The molecule has 10 aromatic rings. The average Bonchev–Trinajstić information content (AvgIpc) is 3.57. The molecule has 0 atom stereocenters. The monoisotopic (exact) mass is 791 g/mol. The molecule has 0 N–H and O–H groups in total. The maximum absolute atomic E-state index is 2.41. The van der Waals surface area contributed by atoms with Crippen molar-refractivity contribution in [2.45, 2.75) is 19.3 Å². The molecule has 0 radical (unpaired) electrons. The van der Waals surface area contributed by atoms with Crippen LogP contribution in [0.4, 0.5) is 17.1 Å². The van der Waals surface area contributed by atoms with Gasteiger partial charge in [0.15, 0.2) is 0 Å². The molecule has 0 unspecified atom stereocenters. The van der Waals surface area contributed by atoms with Gasteiger partial charge in [-0.25, -0.2) is 0 Å². The maximum atomic E-state index is 2.41. The molecule has 1 nitrogen and oxygen atoms in total. The Balaban J connectivity index is 0.979. The van der Waals surface area contributed by atoms with Gasteiger partial charge in [-0.1, -0.05) is 208 Å². The minimum Gasteiger partial charge on any atom is -0.310 e. The van der Waals surface area contributed by atoms with E-state index in [4.69, 9.17) is 0 Å². The van der Waals surface area contributed by atoms with E-state index in [0.717, 1.165) is 17.1 Å². The lowest BCUT2D eigenvalue weighted by Crippen LogP contribution is -2.14. The zero-order chi connectivity index (χ0) is 41.6. The summed E-state index contributed by atoms with van der Waals surface area (Å²) in [6, 6.07) is 86.5. The highest BCUT2D eigenvalue weighted by Crippen LogP contribution is 2.50. The Morgan fingerprint density at radius 3 is 1.52 bits per heavy atom. The van der Waals surface area contributed by atoms with Crippen molar-refractivity contribution in [3.63, 3.8) is 0 Å². The lowest BCUT2D eigenvalue weighted by molar-refractivity contribution is 0.660. The summed E-state index contributed by atoms with van der Waals surface area (Å²) in [5, 5.41) is 2.52. The normalized spacial score (nSPS) is 12.5. The van der Waals surface area contributed by atoms with E-state index in [1.54, 1.807) is 0 Å². The fraction of sp³-hybridized carbons (Fsp3) is 0.0492. The van der Waals surface area contributed by atoms with Crippen molar-refractivity contribution in [3.8, 4) is 66.8 Å². The summed E-state index contributed by atoms with van der Waals surface area (Å²) >= 11 is 0. The molecule has 0 bridgehead atoms. The van der Waals surface area contributed by atoms with Gasteiger partial charge >= 0.3 is 0 Å². The van der Waals surface area contributed by atoms with Gasteiger partial charge in [0.05, 0.1) is 5.69 Å². The second-order valence-corrected chi connectivity index (χ2v) is 16.9. The fourth-order valence-corrected chi connectivity index (χ4v) is 9.65. The fourth-order valence-electron chi connectivity index (χ4n) is 9.65. The van der Waals surface area contributed by atoms with Gasteiger partial charge in [-0.2, -0.15) is 0 Å². The van der Waals surface area contributed by atoms with Crippen LogP contribution in [-0.2, 0) is 5.41 Å². The van der Waals surface area contributed by atoms with Crippen LogP contribution in [0.5, 0.6) is 0 Å². The van der Waals surface area contributed by atoms with Crippen LogP contribution >= 0.6 is 0 Å². The number of nitrogens with zero attached hydrogens (tertiary/aromatic N) is 1. The van der Waals surface area contributed by atoms with Crippen molar-refractivity contribution in [2.75, 3.05) is 4.90 Å². The van der Waals surface area contributed by atoms with Crippen molar-refractivity contribution in [1.82, 2.24) is 0 Å². The Morgan fingerprint density at radius 2 is 0.758 bits per heavy atom. The minimum atomic E-state index is -0.0505. The molecule has 0 spiro atoms. The van der Waals surface area contributed by atoms with Crippen molar-refractivity contribution in [3.05, 3.63) is 248 Å². The zero-order valence-corrected chi connectivity index (χ0v) is 35.0. The molecule has 0 heterocycles. The van der Waals surface area contributed by atoms with Crippen molar-refractivity contribution >= 4 is 27.8 Å². The standard InChI is InChI=1S/C61H45N/c1-61(2)58-24-10-8-22-56(58)57-39-34-49(41-59(57)61)45-32-37-52(38-33-45)62(60-25-11-9-21-55(60)47-28-26-43(27-29-47)42-14-4-3-5-15-42)51-35-30-44(31-36-51)48-18-12-19-50(40-48)54-23-13-17-46-16-6-7-20-53(46)54/h3-41H,1-2H3. The molecule has 0 fully saturated rings. The third-order valence-electron chi connectivity index (χ3n) is 12.9. The Labute approximate surface area is 364 Å². The van der Waals surface area contributed by atoms with Crippen molar-refractivity contribution < 1.29 is 0 Å². The highest BCUT2D eigenvalue weighted by molar-refractivity contribution is 5.97. The van der Waals surface area contributed by atoms with Crippen LogP contribution in [0.15, 0.2) is 237 Å². The number of anilines is 3. The van der Waals surface area contributed by atoms with Gasteiger partial charge in [0.2, 0.25) is 0 Å². The van der Waals surface area contributed by atoms with E-state index in [2.05, 4.69) is 255 Å². The molecule has 1 heteroatoms. The smallest absolute Gasteiger partial charge is 0.0540 e. The summed E-state index contributed by atoms with van der Waals surface area (Å²) < 4.78 is 0.